The highest BCUT2D eigenvalue weighted by atomic mass is 35.5. The predicted molar refractivity (Wildman–Crippen MR) is 129 cm³/mol. The van der Waals surface area contributed by atoms with Gasteiger partial charge in [0.2, 0.25) is 0 Å². The lowest BCUT2D eigenvalue weighted by molar-refractivity contribution is 0.0664. The molecule has 0 saturated carbocycles. The van der Waals surface area contributed by atoms with E-state index in [0.717, 1.165) is 18.7 Å². The molecule has 0 bridgehead atoms. The second kappa shape index (κ2) is 9.64. The molecule has 9 heteroatoms. The summed E-state index contributed by atoms with van der Waals surface area (Å²) in [6.45, 7) is 5.04. The molecule has 1 N–H and O–H groups in total. The number of carbonyl (C=O) groups is 1. The molecule has 0 radical (unpaired) electrons. The van der Waals surface area contributed by atoms with Crippen LogP contribution < -0.4 is 15.6 Å². The molecule has 8 nitrogen and oxygen atoms in total. The van der Waals surface area contributed by atoms with E-state index in [1.165, 1.54) is 10.9 Å². The molecule has 172 valence electrons. The highest BCUT2D eigenvalue weighted by Crippen LogP contribution is 2.30. The van der Waals surface area contributed by atoms with Gasteiger partial charge in [-0.2, -0.15) is 5.10 Å². The molecule has 2 heterocycles. The van der Waals surface area contributed by atoms with Crippen LogP contribution in [0.25, 0.3) is 0 Å². The maximum absolute atomic E-state index is 12.8. The van der Waals surface area contributed by atoms with Gasteiger partial charge in [0, 0.05) is 49.5 Å². The van der Waals surface area contributed by atoms with Crippen LogP contribution >= 0.6 is 11.6 Å². The van der Waals surface area contributed by atoms with Gasteiger partial charge in [-0.3, -0.25) is 9.59 Å². The van der Waals surface area contributed by atoms with Crippen molar-refractivity contribution in [2.75, 3.05) is 38.5 Å². The normalized spacial score (nSPS) is 14.2. The lowest BCUT2D eigenvalue weighted by atomic mass is 10.1. The number of amides is 1. The Hall–Kier alpha value is -3.36. The minimum atomic E-state index is -0.337. The van der Waals surface area contributed by atoms with E-state index in [4.69, 9.17) is 16.3 Å². The molecule has 1 saturated heterocycles. The first-order chi connectivity index (χ1) is 15.8. The van der Waals surface area contributed by atoms with Gasteiger partial charge in [-0.15, -0.1) is 0 Å². The molecule has 1 aliphatic rings. The summed E-state index contributed by atoms with van der Waals surface area (Å²) >= 11 is 6.10. The van der Waals surface area contributed by atoms with E-state index in [-0.39, 0.29) is 22.9 Å². The summed E-state index contributed by atoms with van der Waals surface area (Å²) in [5.41, 5.74) is 2.04. The van der Waals surface area contributed by atoms with Crippen LogP contribution in [-0.2, 0) is 7.05 Å². The van der Waals surface area contributed by atoms with Gasteiger partial charge in [0.1, 0.15) is 5.75 Å². The summed E-state index contributed by atoms with van der Waals surface area (Å²) in [5, 5.41) is 7.83. The SMILES string of the molecule is Cc1cc(Oc2cnn(C)c(=O)c2Nc2ccc(C(=O)N3CCN(C)CC3)cc2)ccc1Cl. The Labute approximate surface area is 197 Å². The monoisotopic (exact) mass is 467 g/mol. The second-order valence-corrected chi connectivity index (χ2v) is 8.53. The van der Waals surface area contributed by atoms with Crippen molar-refractivity contribution in [2.45, 2.75) is 6.92 Å². The zero-order valence-corrected chi connectivity index (χ0v) is 19.6. The van der Waals surface area contributed by atoms with Gasteiger partial charge in [0.05, 0.1) is 6.20 Å². The number of hydrogen-bond acceptors (Lipinski definition) is 6. The summed E-state index contributed by atoms with van der Waals surface area (Å²) in [6, 6.07) is 12.3. The number of carbonyl (C=O) groups excluding carboxylic acids is 1. The lowest BCUT2D eigenvalue weighted by Gasteiger charge is -2.32. The third-order valence-electron chi connectivity index (χ3n) is 5.65. The number of halogens is 1. The van der Waals surface area contributed by atoms with Crippen LogP contribution in [0.4, 0.5) is 11.4 Å². The van der Waals surface area contributed by atoms with Gasteiger partial charge in [0.15, 0.2) is 11.4 Å². The van der Waals surface area contributed by atoms with Crippen LogP contribution in [0.1, 0.15) is 15.9 Å². The van der Waals surface area contributed by atoms with E-state index < -0.39 is 0 Å². The van der Waals surface area contributed by atoms with Crippen LogP contribution in [0.3, 0.4) is 0 Å². The van der Waals surface area contributed by atoms with Crippen molar-refractivity contribution in [1.82, 2.24) is 19.6 Å². The molecule has 0 spiro atoms. The molecular weight excluding hydrogens is 442 g/mol. The summed E-state index contributed by atoms with van der Waals surface area (Å²) in [4.78, 5) is 29.6. The quantitative estimate of drug-likeness (QED) is 0.616. The Bertz CT molecular complexity index is 1220. The van der Waals surface area contributed by atoms with E-state index in [9.17, 15) is 9.59 Å². The number of benzene rings is 2. The molecule has 1 aliphatic heterocycles. The number of ether oxygens (including phenoxy) is 1. The topological polar surface area (TPSA) is 79.7 Å². The molecule has 0 aliphatic carbocycles. The first kappa shape index (κ1) is 22.8. The highest BCUT2D eigenvalue weighted by molar-refractivity contribution is 6.31. The molecule has 4 rings (SSSR count). The first-order valence-corrected chi connectivity index (χ1v) is 11.0. The van der Waals surface area contributed by atoms with Crippen LogP contribution in [0, 0.1) is 6.92 Å². The van der Waals surface area contributed by atoms with Gasteiger partial charge in [-0.05, 0) is 62.0 Å². The van der Waals surface area contributed by atoms with E-state index in [1.54, 1.807) is 49.5 Å². The number of rotatable bonds is 5. The van der Waals surface area contributed by atoms with Crippen LogP contribution in [-0.4, -0.2) is 58.7 Å². The fourth-order valence-electron chi connectivity index (χ4n) is 3.56. The van der Waals surface area contributed by atoms with Crippen molar-refractivity contribution >= 4 is 28.9 Å². The van der Waals surface area contributed by atoms with E-state index in [2.05, 4.69) is 22.4 Å². The molecular formula is C24H26ClN5O3. The number of anilines is 2. The largest absolute Gasteiger partial charge is 0.453 e. The van der Waals surface area contributed by atoms with Gasteiger partial charge >= 0.3 is 0 Å². The van der Waals surface area contributed by atoms with Crippen molar-refractivity contribution in [3.63, 3.8) is 0 Å². The Morgan fingerprint density at radius 3 is 2.42 bits per heavy atom. The van der Waals surface area contributed by atoms with Gasteiger partial charge in [0.25, 0.3) is 11.5 Å². The number of nitrogens with one attached hydrogen (secondary N) is 1. The van der Waals surface area contributed by atoms with Gasteiger partial charge in [-0.25, -0.2) is 4.68 Å². The zero-order valence-electron chi connectivity index (χ0n) is 18.8. The number of nitrogens with zero attached hydrogens (tertiary/aromatic N) is 4. The minimum Gasteiger partial charge on any atom is -0.453 e. The molecule has 3 aromatic rings. The third kappa shape index (κ3) is 5.18. The number of likely N-dealkylation sites (N-methyl/N-ethyl adjacent to an activating group) is 1. The molecule has 1 aromatic heterocycles. The highest BCUT2D eigenvalue weighted by Gasteiger charge is 2.20. The molecule has 0 unspecified atom stereocenters. The summed E-state index contributed by atoms with van der Waals surface area (Å²) in [5.74, 6) is 0.845. The summed E-state index contributed by atoms with van der Waals surface area (Å²) in [6.07, 6.45) is 1.49. The van der Waals surface area contributed by atoms with Crippen molar-refractivity contribution in [1.29, 1.82) is 0 Å². The number of piperazine rings is 1. The summed E-state index contributed by atoms with van der Waals surface area (Å²) in [7, 11) is 3.62. The van der Waals surface area contributed by atoms with Crippen molar-refractivity contribution < 1.29 is 9.53 Å². The first-order valence-electron chi connectivity index (χ1n) is 10.7. The Morgan fingerprint density at radius 1 is 1.06 bits per heavy atom. The van der Waals surface area contributed by atoms with Gasteiger partial charge in [-0.1, -0.05) is 11.6 Å². The maximum atomic E-state index is 12.8. The fourth-order valence-corrected chi connectivity index (χ4v) is 3.67. The zero-order chi connectivity index (χ0) is 23.5. The Balaban J connectivity index is 1.54. The van der Waals surface area contributed by atoms with E-state index >= 15 is 0 Å². The average Bonchev–Trinajstić information content (AvgIpc) is 2.81. The van der Waals surface area contributed by atoms with Crippen LogP contribution in [0.15, 0.2) is 53.5 Å². The third-order valence-corrected chi connectivity index (χ3v) is 6.08. The second-order valence-electron chi connectivity index (χ2n) is 8.12. The summed E-state index contributed by atoms with van der Waals surface area (Å²) < 4.78 is 7.17. The standard InChI is InChI=1S/C24H26ClN5O3/c1-16-14-19(8-9-20(16)25)33-21-15-26-29(3)24(32)22(21)27-18-6-4-17(5-7-18)23(31)30-12-10-28(2)11-13-30/h4-9,14-15,27H,10-13H2,1-3H3. The number of aryl methyl sites for hydroxylation is 2. The number of hydrogen-bond donors (Lipinski definition) is 1. The van der Waals surface area contributed by atoms with Crippen molar-refractivity contribution in [3.8, 4) is 11.5 Å². The van der Waals surface area contributed by atoms with Crippen LogP contribution in [0.5, 0.6) is 11.5 Å². The van der Waals surface area contributed by atoms with Crippen LogP contribution in [0.2, 0.25) is 5.02 Å². The molecule has 0 atom stereocenters. The number of aromatic nitrogens is 2. The molecule has 2 aromatic carbocycles. The predicted octanol–water partition coefficient (Wildman–Crippen LogP) is 3.67. The van der Waals surface area contributed by atoms with E-state index in [1.807, 2.05) is 11.8 Å². The maximum Gasteiger partial charge on any atom is 0.294 e. The average molecular weight is 468 g/mol. The molecule has 1 fully saturated rings. The lowest BCUT2D eigenvalue weighted by Crippen LogP contribution is -2.47. The Morgan fingerprint density at radius 2 is 1.76 bits per heavy atom. The van der Waals surface area contributed by atoms with Crippen molar-refractivity contribution in [3.05, 3.63) is 75.2 Å². The fraction of sp³-hybridized carbons (Fsp3) is 0.292. The van der Waals surface area contributed by atoms with Gasteiger partial charge < -0.3 is 19.9 Å². The Kier molecular flexibility index (Phi) is 6.67. The molecule has 33 heavy (non-hydrogen) atoms. The minimum absolute atomic E-state index is 0.0107. The smallest absolute Gasteiger partial charge is 0.294 e. The molecule has 1 amide bonds. The van der Waals surface area contributed by atoms with Crippen molar-refractivity contribution in [2.24, 2.45) is 7.05 Å². The van der Waals surface area contributed by atoms with E-state index in [0.29, 0.717) is 35.1 Å².